The SMILES string of the molecule is Cc1ccc(C(=O)Oc2ccccc2)cc1Nc1nccc(-n2ccnc2)n1. The van der Waals surface area contributed by atoms with Gasteiger partial charge in [0, 0.05) is 24.3 Å². The first-order valence-electron chi connectivity index (χ1n) is 8.65. The molecule has 2 heterocycles. The van der Waals surface area contributed by atoms with E-state index < -0.39 is 5.97 Å². The topological polar surface area (TPSA) is 81.9 Å². The van der Waals surface area contributed by atoms with Crippen LogP contribution in [0.2, 0.25) is 0 Å². The van der Waals surface area contributed by atoms with Crippen molar-refractivity contribution in [3.8, 4) is 11.6 Å². The van der Waals surface area contributed by atoms with Crippen molar-refractivity contribution in [1.82, 2.24) is 19.5 Å². The Bertz CT molecular complexity index is 1100. The van der Waals surface area contributed by atoms with Gasteiger partial charge in [0.05, 0.1) is 5.56 Å². The van der Waals surface area contributed by atoms with E-state index in [-0.39, 0.29) is 0 Å². The van der Waals surface area contributed by atoms with Gasteiger partial charge in [0.25, 0.3) is 0 Å². The maximum absolute atomic E-state index is 12.4. The van der Waals surface area contributed by atoms with E-state index in [0.29, 0.717) is 23.1 Å². The zero-order valence-electron chi connectivity index (χ0n) is 15.1. The van der Waals surface area contributed by atoms with Gasteiger partial charge >= 0.3 is 5.97 Å². The molecule has 7 heteroatoms. The maximum Gasteiger partial charge on any atom is 0.343 e. The van der Waals surface area contributed by atoms with E-state index >= 15 is 0 Å². The zero-order valence-corrected chi connectivity index (χ0v) is 15.1. The standard InChI is InChI=1S/C21H17N5O2/c1-15-7-8-16(20(27)28-17-5-3-2-4-6-17)13-18(15)24-21-23-10-9-19(25-21)26-12-11-22-14-26/h2-14H,1H3,(H,23,24,25). The summed E-state index contributed by atoms with van der Waals surface area (Å²) in [5, 5.41) is 3.17. The number of para-hydroxylation sites is 1. The molecule has 0 aliphatic carbocycles. The highest BCUT2D eigenvalue weighted by molar-refractivity contribution is 5.92. The number of ether oxygens (including phenoxy) is 1. The summed E-state index contributed by atoms with van der Waals surface area (Å²) >= 11 is 0. The molecular weight excluding hydrogens is 354 g/mol. The quantitative estimate of drug-likeness (QED) is 0.423. The first-order chi connectivity index (χ1) is 13.7. The highest BCUT2D eigenvalue weighted by atomic mass is 16.5. The van der Waals surface area contributed by atoms with Gasteiger partial charge in [0.1, 0.15) is 17.9 Å². The van der Waals surface area contributed by atoms with E-state index in [2.05, 4.69) is 20.3 Å². The molecule has 0 spiro atoms. The number of carbonyl (C=O) groups excluding carboxylic acids is 1. The molecule has 0 bridgehead atoms. The van der Waals surface area contributed by atoms with Crippen LogP contribution in [0.4, 0.5) is 11.6 Å². The van der Waals surface area contributed by atoms with Crippen molar-refractivity contribution in [2.75, 3.05) is 5.32 Å². The summed E-state index contributed by atoms with van der Waals surface area (Å²) in [5.41, 5.74) is 2.11. The lowest BCUT2D eigenvalue weighted by molar-refractivity contribution is 0.0735. The zero-order chi connectivity index (χ0) is 19.3. The molecule has 28 heavy (non-hydrogen) atoms. The van der Waals surface area contributed by atoms with Gasteiger partial charge in [-0.15, -0.1) is 0 Å². The number of imidazole rings is 1. The minimum atomic E-state index is -0.428. The van der Waals surface area contributed by atoms with Gasteiger partial charge in [-0.2, -0.15) is 4.98 Å². The molecule has 7 nitrogen and oxygen atoms in total. The minimum absolute atomic E-state index is 0.419. The van der Waals surface area contributed by atoms with E-state index in [1.165, 1.54) is 0 Å². The lowest BCUT2D eigenvalue weighted by atomic mass is 10.1. The summed E-state index contributed by atoms with van der Waals surface area (Å²) in [4.78, 5) is 25.2. The number of nitrogens with zero attached hydrogens (tertiary/aromatic N) is 4. The molecular formula is C21H17N5O2. The lowest BCUT2D eigenvalue weighted by Crippen LogP contribution is -2.09. The molecule has 0 aliphatic heterocycles. The maximum atomic E-state index is 12.4. The molecule has 0 atom stereocenters. The van der Waals surface area contributed by atoms with Crippen molar-refractivity contribution in [3.63, 3.8) is 0 Å². The number of aryl methyl sites for hydroxylation is 1. The predicted octanol–water partition coefficient (Wildman–Crippen LogP) is 3.93. The van der Waals surface area contributed by atoms with E-state index in [4.69, 9.17) is 4.74 Å². The van der Waals surface area contributed by atoms with Crippen molar-refractivity contribution in [1.29, 1.82) is 0 Å². The van der Waals surface area contributed by atoms with Crippen LogP contribution in [0.3, 0.4) is 0 Å². The summed E-state index contributed by atoms with van der Waals surface area (Å²) < 4.78 is 7.19. The fourth-order valence-electron chi connectivity index (χ4n) is 2.61. The van der Waals surface area contributed by atoms with Crippen LogP contribution in [0, 0.1) is 6.92 Å². The number of esters is 1. The molecule has 0 saturated carbocycles. The molecule has 0 radical (unpaired) electrons. The monoisotopic (exact) mass is 371 g/mol. The number of hydrogen-bond donors (Lipinski definition) is 1. The summed E-state index contributed by atoms with van der Waals surface area (Å²) in [6.07, 6.45) is 6.81. The Hall–Kier alpha value is -4.00. The predicted molar refractivity (Wildman–Crippen MR) is 105 cm³/mol. The summed E-state index contributed by atoms with van der Waals surface area (Å²) in [5.74, 6) is 1.18. The molecule has 0 saturated heterocycles. The van der Waals surface area contributed by atoms with Crippen LogP contribution < -0.4 is 10.1 Å². The minimum Gasteiger partial charge on any atom is -0.423 e. The van der Waals surface area contributed by atoms with Crippen LogP contribution in [0.15, 0.2) is 79.5 Å². The average Bonchev–Trinajstić information content (AvgIpc) is 3.25. The Balaban J connectivity index is 1.56. The number of rotatable bonds is 5. The number of aromatic nitrogens is 4. The molecule has 2 aromatic heterocycles. The van der Waals surface area contributed by atoms with Gasteiger partial charge in [0.2, 0.25) is 5.95 Å². The smallest absolute Gasteiger partial charge is 0.343 e. The number of anilines is 2. The molecule has 138 valence electrons. The number of nitrogens with one attached hydrogen (secondary N) is 1. The van der Waals surface area contributed by atoms with Crippen molar-refractivity contribution in [2.45, 2.75) is 6.92 Å². The second kappa shape index (κ2) is 7.71. The average molecular weight is 371 g/mol. The molecule has 2 aromatic carbocycles. The Morgan fingerprint density at radius 1 is 1.07 bits per heavy atom. The molecule has 4 aromatic rings. The van der Waals surface area contributed by atoms with Crippen molar-refractivity contribution >= 4 is 17.6 Å². The first-order valence-corrected chi connectivity index (χ1v) is 8.65. The third-order valence-electron chi connectivity index (χ3n) is 4.08. The Kier molecular flexibility index (Phi) is 4.79. The molecule has 0 unspecified atom stereocenters. The Labute approximate surface area is 161 Å². The fourth-order valence-corrected chi connectivity index (χ4v) is 2.61. The number of benzene rings is 2. The van der Waals surface area contributed by atoms with Crippen LogP contribution >= 0.6 is 0 Å². The summed E-state index contributed by atoms with van der Waals surface area (Å²) in [7, 11) is 0. The largest absolute Gasteiger partial charge is 0.423 e. The fraction of sp³-hybridized carbons (Fsp3) is 0.0476. The second-order valence-corrected chi connectivity index (χ2v) is 6.07. The van der Waals surface area contributed by atoms with Gasteiger partial charge in [-0.3, -0.25) is 4.57 Å². The van der Waals surface area contributed by atoms with E-state index in [1.807, 2.05) is 31.2 Å². The van der Waals surface area contributed by atoms with Gasteiger partial charge in [-0.25, -0.2) is 14.8 Å². The van der Waals surface area contributed by atoms with Crippen LogP contribution in [-0.4, -0.2) is 25.5 Å². The second-order valence-electron chi connectivity index (χ2n) is 6.07. The van der Waals surface area contributed by atoms with Crippen LogP contribution in [0.5, 0.6) is 5.75 Å². The molecule has 4 rings (SSSR count). The van der Waals surface area contributed by atoms with Crippen molar-refractivity contribution in [2.24, 2.45) is 0 Å². The Morgan fingerprint density at radius 3 is 2.71 bits per heavy atom. The molecule has 0 aliphatic rings. The molecule has 0 fully saturated rings. The lowest BCUT2D eigenvalue weighted by Gasteiger charge is -2.11. The van der Waals surface area contributed by atoms with Crippen LogP contribution in [0.25, 0.3) is 5.82 Å². The van der Waals surface area contributed by atoms with E-state index in [0.717, 1.165) is 11.3 Å². The molecule has 0 amide bonds. The number of hydrogen-bond acceptors (Lipinski definition) is 6. The third-order valence-corrected chi connectivity index (χ3v) is 4.08. The Morgan fingerprint density at radius 2 is 1.93 bits per heavy atom. The van der Waals surface area contributed by atoms with Crippen LogP contribution in [-0.2, 0) is 0 Å². The first kappa shape index (κ1) is 17.4. The van der Waals surface area contributed by atoms with Crippen molar-refractivity contribution in [3.05, 3.63) is 90.6 Å². The normalized spacial score (nSPS) is 10.5. The highest BCUT2D eigenvalue weighted by Gasteiger charge is 2.12. The summed E-state index contributed by atoms with van der Waals surface area (Å²) in [6.45, 7) is 1.94. The van der Waals surface area contributed by atoms with Gasteiger partial charge in [-0.1, -0.05) is 24.3 Å². The van der Waals surface area contributed by atoms with Crippen molar-refractivity contribution < 1.29 is 9.53 Å². The van der Waals surface area contributed by atoms with Crippen LogP contribution in [0.1, 0.15) is 15.9 Å². The molecule has 1 N–H and O–H groups in total. The summed E-state index contributed by atoms with van der Waals surface area (Å²) in [6, 6.07) is 16.1. The van der Waals surface area contributed by atoms with Gasteiger partial charge in [0.15, 0.2) is 0 Å². The van der Waals surface area contributed by atoms with E-state index in [1.54, 1.807) is 59.8 Å². The van der Waals surface area contributed by atoms with Gasteiger partial charge < -0.3 is 10.1 Å². The highest BCUT2D eigenvalue weighted by Crippen LogP contribution is 2.22. The van der Waals surface area contributed by atoms with E-state index in [9.17, 15) is 4.79 Å². The number of carbonyl (C=O) groups is 1. The van der Waals surface area contributed by atoms with Gasteiger partial charge in [-0.05, 0) is 42.8 Å². The third kappa shape index (κ3) is 3.88.